The summed E-state index contributed by atoms with van der Waals surface area (Å²) in [6, 6.07) is 12.2. The number of anilines is 1. The summed E-state index contributed by atoms with van der Waals surface area (Å²) >= 11 is 15.2. The van der Waals surface area contributed by atoms with Crippen LogP contribution < -0.4 is 10.7 Å². The van der Waals surface area contributed by atoms with Crippen LogP contribution in [0.4, 0.5) is 5.69 Å². The van der Waals surface area contributed by atoms with Gasteiger partial charge in [0.2, 0.25) is 11.8 Å². The number of hydrogen-bond donors (Lipinski definition) is 2. The minimum Gasteiger partial charge on any atom is -0.325 e. The molecule has 2 aromatic carbocycles. The van der Waals surface area contributed by atoms with E-state index in [1.165, 1.54) is 6.21 Å². The van der Waals surface area contributed by atoms with Crippen LogP contribution in [0, 0.1) is 0 Å². The molecule has 0 atom stereocenters. The molecule has 2 aromatic rings. The Hall–Kier alpha value is -1.89. The van der Waals surface area contributed by atoms with Gasteiger partial charge in [-0.25, -0.2) is 5.43 Å². The summed E-state index contributed by atoms with van der Waals surface area (Å²) in [5.41, 5.74) is 3.62. The van der Waals surface area contributed by atoms with E-state index >= 15 is 0 Å². The Labute approximate surface area is 163 Å². The van der Waals surface area contributed by atoms with Crippen molar-refractivity contribution in [2.45, 2.75) is 12.8 Å². The van der Waals surface area contributed by atoms with E-state index in [9.17, 15) is 9.59 Å². The second-order valence-corrected chi connectivity index (χ2v) is 6.78. The van der Waals surface area contributed by atoms with Crippen LogP contribution in [0.2, 0.25) is 10.0 Å². The zero-order valence-electron chi connectivity index (χ0n) is 12.9. The van der Waals surface area contributed by atoms with E-state index in [-0.39, 0.29) is 24.7 Å². The largest absolute Gasteiger partial charge is 0.325 e. The molecule has 5 nitrogen and oxygen atoms in total. The zero-order valence-corrected chi connectivity index (χ0v) is 16.0. The van der Waals surface area contributed by atoms with Gasteiger partial charge in [0, 0.05) is 22.3 Å². The number of nitrogens with zero attached hydrogens (tertiary/aromatic N) is 1. The lowest BCUT2D eigenvalue weighted by atomic mass is 10.2. The Morgan fingerprint density at radius 1 is 1.08 bits per heavy atom. The summed E-state index contributed by atoms with van der Waals surface area (Å²) in [5, 5.41) is 7.30. The van der Waals surface area contributed by atoms with E-state index in [0.29, 0.717) is 15.7 Å². The van der Waals surface area contributed by atoms with Crippen molar-refractivity contribution in [1.29, 1.82) is 0 Å². The van der Waals surface area contributed by atoms with Crippen molar-refractivity contribution >= 4 is 62.8 Å². The molecule has 0 unspecified atom stereocenters. The van der Waals surface area contributed by atoms with Gasteiger partial charge in [-0.2, -0.15) is 5.10 Å². The van der Waals surface area contributed by atoms with Crippen LogP contribution in [0.5, 0.6) is 0 Å². The van der Waals surface area contributed by atoms with E-state index < -0.39 is 0 Å². The highest BCUT2D eigenvalue weighted by atomic mass is 79.9. The molecule has 0 aliphatic heterocycles. The van der Waals surface area contributed by atoms with Crippen molar-refractivity contribution in [3.05, 3.63) is 62.5 Å². The number of amides is 2. The van der Waals surface area contributed by atoms with Crippen molar-refractivity contribution < 1.29 is 9.59 Å². The van der Waals surface area contributed by atoms with Gasteiger partial charge in [-0.3, -0.25) is 9.59 Å². The van der Waals surface area contributed by atoms with Crippen LogP contribution in [-0.4, -0.2) is 18.0 Å². The third kappa shape index (κ3) is 6.86. The van der Waals surface area contributed by atoms with Crippen molar-refractivity contribution in [1.82, 2.24) is 5.43 Å². The standard InChI is InChI=1S/C17H14BrCl2N3O2/c18-12-3-1-2-11(8-12)10-21-23-17(25)7-6-16(24)22-15-9-13(19)4-5-14(15)20/h1-5,8-10H,6-7H2,(H,22,24)(H,23,25)/b21-10+. The van der Waals surface area contributed by atoms with Crippen LogP contribution in [0.1, 0.15) is 18.4 Å². The molecule has 25 heavy (non-hydrogen) atoms. The van der Waals surface area contributed by atoms with E-state index in [0.717, 1.165) is 10.0 Å². The normalized spacial score (nSPS) is 10.7. The van der Waals surface area contributed by atoms with Crippen molar-refractivity contribution in [3.8, 4) is 0 Å². The number of rotatable bonds is 6. The van der Waals surface area contributed by atoms with Crippen LogP contribution in [-0.2, 0) is 9.59 Å². The van der Waals surface area contributed by atoms with Crippen LogP contribution >= 0.6 is 39.1 Å². The van der Waals surface area contributed by atoms with Crippen LogP contribution in [0.25, 0.3) is 0 Å². The van der Waals surface area contributed by atoms with E-state index in [1.807, 2.05) is 24.3 Å². The van der Waals surface area contributed by atoms with Gasteiger partial charge in [-0.1, -0.05) is 51.3 Å². The highest BCUT2D eigenvalue weighted by Gasteiger charge is 2.09. The minimum absolute atomic E-state index is 0.000157. The minimum atomic E-state index is -0.362. The number of halogens is 3. The maximum atomic E-state index is 11.9. The highest BCUT2D eigenvalue weighted by Crippen LogP contribution is 2.25. The molecule has 0 aliphatic rings. The quantitative estimate of drug-likeness (QED) is 0.505. The number of carbonyl (C=O) groups excluding carboxylic acids is 2. The predicted octanol–water partition coefficient (Wildman–Crippen LogP) is 4.62. The van der Waals surface area contributed by atoms with Crippen molar-refractivity contribution in [2.75, 3.05) is 5.32 Å². The summed E-state index contributed by atoms with van der Waals surface area (Å²) in [7, 11) is 0. The lowest BCUT2D eigenvalue weighted by Gasteiger charge is -2.07. The fraction of sp³-hybridized carbons (Fsp3) is 0.118. The molecule has 0 heterocycles. The van der Waals surface area contributed by atoms with E-state index in [1.54, 1.807) is 18.2 Å². The molecule has 2 N–H and O–H groups in total. The van der Waals surface area contributed by atoms with Gasteiger partial charge in [-0.05, 0) is 35.9 Å². The lowest BCUT2D eigenvalue weighted by Crippen LogP contribution is -2.20. The first kappa shape index (κ1) is 19.4. The molecule has 2 amide bonds. The average molecular weight is 443 g/mol. The van der Waals surface area contributed by atoms with E-state index in [4.69, 9.17) is 23.2 Å². The highest BCUT2D eigenvalue weighted by molar-refractivity contribution is 9.10. The van der Waals surface area contributed by atoms with Crippen LogP contribution in [0.15, 0.2) is 52.0 Å². The van der Waals surface area contributed by atoms with E-state index in [2.05, 4.69) is 31.8 Å². The monoisotopic (exact) mass is 441 g/mol. The number of nitrogens with one attached hydrogen (secondary N) is 2. The Kier molecular flexibility index (Phi) is 7.43. The molecule has 0 radical (unpaired) electrons. The third-order valence-electron chi connectivity index (χ3n) is 3.03. The summed E-state index contributed by atoms with van der Waals surface area (Å²) in [5.74, 6) is -0.700. The Morgan fingerprint density at radius 3 is 2.60 bits per heavy atom. The van der Waals surface area contributed by atoms with Crippen molar-refractivity contribution in [2.24, 2.45) is 5.10 Å². The molecule has 0 bridgehead atoms. The Bertz CT molecular complexity index is 812. The molecule has 0 aromatic heterocycles. The van der Waals surface area contributed by atoms with Gasteiger partial charge in [0.05, 0.1) is 16.9 Å². The summed E-state index contributed by atoms with van der Waals surface area (Å²) in [6.45, 7) is 0. The second kappa shape index (κ2) is 9.56. The Balaban J connectivity index is 1.77. The Morgan fingerprint density at radius 2 is 1.84 bits per heavy atom. The average Bonchev–Trinajstić information content (AvgIpc) is 2.56. The molecule has 0 fully saturated rings. The molecular weight excluding hydrogens is 429 g/mol. The zero-order chi connectivity index (χ0) is 18.2. The van der Waals surface area contributed by atoms with Crippen molar-refractivity contribution in [3.63, 3.8) is 0 Å². The number of carbonyl (C=O) groups is 2. The SMILES string of the molecule is O=C(CCC(=O)Nc1cc(Cl)ccc1Cl)N/N=C/c1cccc(Br)c1. The molecule has 8 heteroatoms. The maximum Gasteiger partial charge on any atom is 0.240 e. The van der Waals surface area contributed by atoms with Gasteiger partial charge in [-0.15, -0.1) is 0 Å². The van der Waals surface area contributed by atoms with Gasteiger partial charge in [0.1, 0.15) is 0 Å². The number of hydrogen-bond acceptors (Lipinski definition) is 3. The molecule has 0 spiro atoms. The summed E-state index contributed by atoms with van der Waals surface area (Å²) < 4.78 is 0.916. The van der Waals surface area contributed by atoms with Gasteiger partial charge >= 0.3 is 0 Å². The first-order chi connectivity index (χ1) is 11.9. The molecule has 0 saturated carbocycles. The van der Waals surface area contributed by atoms with Gasteiger partial charge in [0.15, 0.2) is 0 Å². The smallest absolute Gasteiger partial charge is 0.240 e. The molecular formula is C17H14BrCl2N3O2. The maximum absolute atomic E-state index is 11.9. The van der Waals surface area contributed by atoms with Crippen LogP contribution in [0.3, 0.4) is 0 Å². The van der Waals surface area contributed by atoms with Gasteiger partial charge in [0.25, 0.3) is 0 Å². The second-order valence-electron chi connectivity index (χ2n) is 5.02. The number of benzene rings is 2. The molecule has 130 valence electrons. The lowest BCUT2D eigenvalue weighted by molar-refractivity contribution is -0.124. The van der Waals surface area contributed by atoms with Gasteiger partial charge < -0.3 is 5.32 Å². The topological polar surface area (TPSA) is 70.6 Å². The predicted molar refractivity (Wildman–Crippen MR) is 104 cm³/mol. The molecule has 0 aliphatic carbocycles. The first-order valence-corrected chi connectivity index (χ1v) is 8.81. The fourth-order valence-corrected chi connectivity index (χ4v) is 2.61. The first-order valence-electron chi connectivity index (χ1n) is 7.26. The third-order valence-corrected chi connectivity index (χ3v) is 4.09. The molecule has 2 rings (SSSR count). The molecule has 0 saturated heterocycles. The summed E-state index contributed by atoms with van der Waals surface area (Å²) in [6.07, 6.45) is 1.52. The summed E-state index contributed by atoms with van der Waals surface area (Å²) in [4.78, 5) is 23.6. The fourth-order valence-electron chi connectivity index (χ4n) is 1.85. The number of hydrazone groups is 1.